The number of likely N-dealkylation sites (tertiary alicyclic amines) is 1. The van der Waals surface area contributed by atoms with Crippen LogP contribution >= 0.6 is 11.3 Å². The number of thiophene rings is 1. The van der Waals surface area contributed by atoms with E-state index >= 15 is 0 Å². The van der Waals surface area contributed by atoms with Crippen LogP contribution in [0.25, 0.3) is 10.3 Å². The number of hydrogen-bond donors (Lipinski definition) is 0. The van der Waals surface area contributed by atoms with Crippen molar-refractivity contribution in [2.45, 2.75) is 38.0 Å². The molecular weight excluding hydrogens is 374 g/mol. The fraction of sp³-hybridized carbons (Fsp3) is 0.550. The fourth-order valence-electron chi connectivity index (χ4n) is 4.16. The lowest BCUT2D eigenvalue weighted by Gasteiger charge is -2.41. The van der Waals surface area contributed by atoms with Gasteiger partial charge in [-0.3, -0.25) is 14.6 Å². The van der Waals surface area contributed by atoms with Gasteiger partial charge in [0.05, 0.1) is 10.9 Å². The maximum absolute atomic E-state index is 12.8. The molecule has 1 aliphatic heterocycles. The summed E-state index contributed by atoms with van der Waals surface area (Å²) in [6, 6.07) is 2.25. The molecule has 2 fully saturated rings. The Morgan fingerprint density at radius 2 is 1.93 bits per heavy atom. The van der Waals surface area contributed by atoms with Crippen molar-refractivity contribution in [1.29, 1.82) is 5.26 Å². The highest BCUT2D eigenvalue weighted by molar-refractivity contribution is 7.20. The first-order valence-corrected chi connectivity index (χ1v) is 10.4. The van der Waals surface area contributed by atoms with Crippen LogP contribution in [0.15, 0.2) is 12.4 Å². The summed E-state index contributed by atoms with van der Waals surface area (Å²) in [6.07, 6.45) is 7.14. The number of nitrogens with zero attached hydrogens (tertiary/aromatic N) is 5. The van der Waals surface area contributed by atoms with Crippen LogP contribution in [-0.2, 0) is 4.79 Å². The first-order chi connectivity index (χ1) is 13.5. The molecule has 0 bridgehead atoms. The first-order valence-electron chi connectivity index (χ1n) is 9.62. The highest BCUT2D eigenvalue weighted by atomic mass is 32.1. The smallest absolute Gasteiger partial charge is 0.263 e. The molecule has 0 aromatic carbocycles. The summed E-state index contributed by atoms with van der Waals surface area (Å²) in [7, 11) is 3.50. The zero-order chi connectivity index (χ0) is 19.9. The predicted octanol–water partition coefficient (Wildman–Crippen LogP) is 2.79. The Labute approximate surface area is 168 Å². The number of rotatable bonds is 3. The van der Waals surface area contributed by atoms with Crippen molar-refractivity contribution in [3.8, 4) is 6.07 Å². The van der Waals surface area contributed by atoms with Gasteiger partial charge in [-0.15, -0.1) is 11.3 Å². The summed E-state index contributed by atoms with van der Waals surface area (Å²) in [5, 5.41) is 9.45. The molecule has 0 N–H and O–H groups in total. The lowest BCUT2D eigenvalue weighted by Crippen LogP contribution is -2.49. The maximum atomic E-state index is 12.8. The second-order valence-corrected chi connectivity index (χ2v) is 8.87. The van der Waals surface area contributed by atoms with Gasteiger partial charge < -0.3 is 9.80 Å². The molecule has 2 aromatic rings. The fourth-order valence-corrected chi connectivity index (χ4v) is 5.37. The zero-order valence-electron chi connectivity index (χ0n) is 16.1. The average molecular weight is 398 g/mol. The quantitative estimate of drug-likeness (QED) is 0.794. The van der Waals surface area contributed by atoms with Crippen LogP contribution in [0.1, 0.15) is 53.3 Å². The number of hydrogen-bond acceptors (Lipinski definition) is 6. The minimum Gasteiger partial charge on any atom is -0.344 e. The number of amides is 2. The SMILES string of the molecule is CN(C)C(=O)c1sc2nccnc2c1C1CCN(C(=O)C2(C#N)CCC2)CC1. The van der Waals surface area contributed by atoms with E-state index in [1.807, 2.05) is 4.90 Å². The number of piperidine rings is 1. The van der Waals surface area contributed by atoms with E-state index in [1.165, 1.54) is 11.3 Å². The third-order valence-electron chi connectivity index (χ3n) is 5.98. The first kappa shape index (κ1) is 18.8. The van der Waals surface area contributed by atoms with Crippen LogP contribution < -0.4 is 0 Å². The van der Waals surface area contributed by atoms with Crippen molar-refractivity contribution in [2.75, 3.05) is 27.2 Å². The van der Waals surface area contributed by atoms with Gasteiger partial charge in [0, 0.05) is 45.1 Å². The van der Waals surface area contributed by atoms with Gasteiger partial charge in [0.25, 0.3) is 5.91 Å². The summed E-state index contributed by atoms with van der Waals surface area (Å²) in [5.74, 6) is 0.114. The molecule has 146 valence electrons. The summed E-state index contributed by atoms with van der Waals surface area (Å²) in [6.45, 7) is 1.22. The van der Waals surface area contributed by atoms with Crippen molar-refractivity contribution in [3.63, 3.8) is 0 Å². The van der Waals surface area contributed by atoms with E-state index in [4.69, 9.17) is 0 Å². The molecule has 0 spiro atoms. The molecule has 0 atom stereocenters. The molecular formula is C20H23N5O2S. The van der Waals surface area contributed by atoms with Crippen molar-refractivity contribution >= 4 is 33.5 Å². The Morgan fingerprint density at radius 1 is 1.25 bits per heavy atom. The Hall–Kier alpha value is -2.53. The molecule has 0 unspecified atom stereocenters. The highest BCUT2D eigenvalue weighted by Crippen LogP contribution is 2.44. The Kier molecular flexibility index (Phi) is 4.79. The van der Waals surface area contributed by atoms with Crippen LogP contribution in [0.5, 0.6) is 0 Å². The van der Waals surface area contributed by atoms with Gasteiger partial charge in [0.2, 0.25) is 5.91 Å². The molecule has 2 amide bonds. The van der Waals surface area contributed by atoms with E-state index in [1.54, 1.807) is 31.4 Å². The van der Waals surface area contributed by atoms with Gasteiger partial charge in [-0.1, -0.05) is 0 Å². The van der Waals surface area contributed by atoms with E-state index in [9.17, 15) is 14.9 Å². The van der Waals surface area contributed by atoms with E-state index in [0.717, 1.165) is 35.2 Å². The molecule has 4 rings (SSSR count). The molecule has 7 nitrogen and oxygen atoms in total. The monoisotopic (exact) mass is 397 g/mol. The molecule has 1 aliphatic carbocycles. The third kappa shape index (κ3) is 2.94. The maximum Gasteiger partial charge on any atom is 0.263 e. The summed E-state index contributed by atoms with van der Waals surface area (Å²) in [5.41, 5.74) is 0.979. The number of carbonyl (C=O) groups is 2. The van der Waals surface area contributed by atoms with Crippen molar-refractivity contribution in [3.05, 3.63) is 22.8 Å². The van der Waals surface area contributed by atoms with Gasteiger partial charge in [0.15, 0.2) is 0 Å². The molecule has 1 saturated heterocycles. The lowest BCUT2D eigenvalue weighted by molar-refractivity contribution is -0.144. The third-order valence-corrected chi connectivity index (χ3v) is 7.08. The van der Waals surface area contributed by atoms with Gasteiger partial charge in [-0.05, 0) is 38.0 Å². The van der Waals surface area contributed by atoms with E-state index in [2.05, 4.69) is 16.0 Å². The van der Waals surface area contributed by atoms with E-state index in [-0.39, 0.29) is 17.7 Å². The van der Waals surface area contributed by atoms with E-state index < -0.39 is 5.41 Å². The summed E-state index contributed by atoms with van der Waals surface area (Å²) in [4.78, 5) is 39.4. The van der Waals surface area contributed by atoms with Gasteiger partial charge in [0.1, 0.15) is 15.8 Å². The van der Waals surface area contributed by atoms with Crippen LogP contribution in [0.3, 0.4) is 0 Å². The predicted molar refractivity (Wildman–Crippen MR) is 106 cm³/mol. The number of nitriles is 1. The van der Waals surface area contributed by atoms with Gasteiger partial charge >= 0.3 is 0 Å². The van der Waals surface area contributed by atoms with E-state index in [0.29, 0.717) is 30.8 Å². The molecule has 28 heavy (non-hydrogen) atoms. The van der Waals surface area contributed by atoms with Crippen LogP contribution in [0.2, 0.25) is 0 Å². The average Bonchev–Trinajstić information content (AvgIpc) is 3.06. The van der Waals surface area contributed by atoms with Crippen molar-refractivity contribution < 1.29 is 9.59 Å². The number of fused-ring (bicyclic) bond motifs is 1. The number of carbonyl (C=O) groups excluding carboxylic acids is 2. The molecule has 8 heteroatoms. The molecule has 0 radical (unpaired) electrons. The summed E-state index contributed by atoms with van der Waals surface area (Å²) < 4.78 is 0. The largest absolute Gasteiger partial charge is 0.344 e. The second kappa shape index (κ2) is 7.13. The molecule has 3 heterocycles. The lowest BCUT2D eigenvalue weighted by atomic mass is 9.68. The van der Waals surface area contributed by atoms with Gasteiger partial charge in [-0.25, -0.2) is 4.98 Å². The van der Waals surface area contributed by atoms with Crippen LogP contribution in [0.4, 0.5) is 0 Å². The molecule has 2 aliphatic rings. The summed E-state index contributed by atoms with van der Waals surface area (Å²) >= 11 is 1.39. The minimum atomic E-state index is -0.792. The number of aromatic nitrogens is 2. The highest BCUT2D eigenvalue weighted by Gasteiger charge is 2.47. The normalized spacial score (nSPS) is 19.1. The standard InChI is InChI=1S/C20H23N5O2S/c1-24(2)18(26)16-14(15-17(28-16)23-9-8-22-15)13-4-10-25(11-5-13)19(27)20(12-21)6-3-7-20/h8-9,13H,3-7,10-11H2,1-2H3. The second-order valence-electron chi connectivity index (χ2n) is 7.87. The van der Waals surface area contributed by atoms with Gasteiger partial charge in [-0.2, -0.15) is 5.26 Å². The van der Waals surface area contributed by atoms with Crippen LogP contribution in [0, 0.1) is 16.7 Å². The minimum absolute atomic E-state index is 0.0146. The van der Waals surface area contributed by atoms with Crippen molar-refractivity contribution in [2.24, 2.45) is 5.41 Å². The zero-order valence-corrected chi connectivity index (χ0v) is 17.0. The Bertz CT molecular complexity index is 965. The van der Waals surface area contributed by atoms with Crippen LogP contribution in [-0.4, -0.2) is 58.8 Å². The molecule has 1 saturated carbocycles. The van der Waals surface area contributed by atoms with Crippen molar-refractivity contribution in [1.82, 2.24) is 19.8 Å². The topological polar surface area (TPSA) is 90.2 Å². The molecule has 2 aromatic heterocycles. The Morgan fingerprint density at radius 3 is 2.50 bits per heavy atom. The Balaban J connectivity index is 1.59.